The first-order valence-corrected chi connectivity index (χ1v) is 10.8. The van der Waals surface area contributed by atoms with Crippen LogP contribution in [-0.2, 0) is 11.2 Å². The van der Waals surface area contributed by atoms with Crippen LogP contribution in [0.2, 0.25) is 0 Å². The van der Waals surface area contributed by atoms with Gasteiger partial charge in [-0.1, -0.05) is 12.1 Å². The van der Waals surface area contributed by atoms with E-state index in [9.17, 15) is 0 Å². The molecule has 0 amide bonds. The van der Waals surface area contributed by atoms with E-state index < -0.39 is 0 Å². The predicted molar refractivity (Wildman–Crippen MR) is 122 cm³/mol. The number of hydrogen-bond donors (Lipinski definition) is 0. The summed E-state index contributed by atoms with van der Waals surface area (Å²) < 4.78 is 18.3. The molecule has 2 aromatic heterocycles. The Labute approximate surface area is 187 Å². The third-order valence-corrected chi connectivity index (χ3v) is 6.09. The summed E-state index contributed by atoms with van der Waals surface area (Å²) in [5, 5.41) is 13.6. The molecule has 1 aliphatic rings. The topological polar surface area (TPSA) is 70.8 Å². The Morgan fingerprint density at radius 2 is 1.94 bits per heavy atom. The molecule has 5 rings (SSSR count). The summed E-state index contributed by atoms with van der Waals surface area (Å²) in [5.41, 5.74) is 6.03. The van der Waals surface area contributed by atoms with Crippen LogP contribution in [0.4, 0.5) is 0 Å². The molecule has 7 heteroatoms. The normalized spacial score (nSPS) is 15.9. The number of fused-ring (bicyclic) bond motifs is 1. The lowest BCUT2D eigenvalue weighted by Crippen LogP contribution is -2.05. The van der Waals surface area contributed by atoms with Crippen LogP contribution in [0.25, 0.3) is 28.3 Å². The maximum Gasteiger partial charge on any atom is 0.189 e. The lowest BCUT2D eigenvalue weighted by atomic mass is 9.93. The minimum Gasteiger partial charge on any atom is -0.497 e. The molecule has 164 valence electrons. The summed E-state index contributed by atoms with van der Waals surface area (Å²) in [6.45, 7) is 3.88. The van der Waals surface area contributed by atoms with Crippen molar-refractivity contribution in [3.63, 3.8) is 0 Å². The maximum atomic E-state index is 5.57. The number of methoxy groups -OCH3 is 2. The summed E-state index contributed by atoms with van der Waals surface area (Å²) in [4.78, 5) is 0. The maximum absolute atomic E-state index is 5.57. The monoisotopic (exact) mass is 430 g/mol. The van der Waals surface area contributed by atoms with Crippen molar-refractivity contribution in [2.24, 2.45) is 5.92 Å². The fourth-order valence-corrected chi connectivity index (χ4v) is 4.21. The van der Waals surface area contributed by atoms with Gasteiger partial charge in [-0.25, -0.2) is 0 Å². The third kappa shape index (κ3) is 3.80. The summed E-state index contributed by atoms with van der Waals surface area (Å²) >= 11 is 0. The van der Waals surface area contributed by atoms with Gasteiger partial charge in [0.2, 0.25) is 0 Å². The standard InChI is InChI=1S/C25H26N4O3/c1-16-4-5-18(13-19(16)12-17-10-11-32-15-17)22-7-9-24-26-27-25(29(24)28-22)21-14-20(30-2)6-8-23(21)31-3/h4-9,13-14,17H,10-12,15H2,1-3H3/t17-/m1/s1. The molecule has 4 aromatic rings. The highest BCUT2D eigenvalue weighted by molar-refractivity contribution is 5.69. The van der Waals surface area contributed by atoms with E-state index in [2.05, 4.69) is 35.3 Å². The van der Waals surface area contributed by atoms with E-state index in [1.54, 1.807) is 18.7 Å². The van der Waals surface area contributed by atoms with E-state index in [-0.39, 0.29) is 0 Å². The minimum atomic E-state index is 0.587. The number of ether oxygens (including phenoxy) is 3. The van der Waals surface area contributed by atoms with Crippen molar-refractivity contribution in [1.29, 1.82) is 0 Å². The molecule has 0 aliphatic carbocycles. The quantitative estimate of drug-likeness (QED) is 0.453. The van der Waals surface area contributed by atoms with Gasteiger partial charge < -0.3 is 14.2 Å². The zero-order chi connectivity index (χ0) is 22.1. The third-order valence-electron chi connectivity index (χ3n) is 6.09. The predicted octanol–water partition coefficient (Wildman–Crippen LogP) is 4.36. The van der Waals surface area contributed by atoms with Gasteiger partial charge in [-0.05, 0) is 73.2 Å². The van der Waals surface area contributed by atoms with Gasteiger partial charge in [-0.15, -0.1) is 10.2 Å². The molecule has 32 heavy (non-hydrogen) atoms. The Balaban J connectivity index is 1.56. The van der Waals surface area contributed by atoms with Crippen molar-refractivity contribution in [3.8, 4) is 34.1 Å². The molecule has 2 aromatic carbocycles. The Morgan fingerprint density at radius 1 is 1.03 bits per heavy atom. The molecule has 0 bridgehead atoms. The lowest BCUT2D eigenvalue weighted by molar-refractivity contribution is 0.186. The first-order chi connectivity index (χ1) is 15.7. The Hall–Kier alpha value is -3.45. The van der Waals surface area contributed by atoms with E-state index in [0.29, 0.717) is 28.9 Å². The molecule has 0 radical (unpaired) electrons. The smallest absolute Gasteiger partial charge is 0.189 e. The second-order valence-corrected chi connectivity index (χ2v) is 8.15. The second-order valence-electron chi connectivity index (χ2n) is 8.15. The van der Waals surface area contributed by atoms with Crippen LogP contribution in [0, 0.1) is 12.8 Å². The lowest BCUT2D eigenvalue weighted by Gasteiger charge is -2.13. The van der Waals surface area contributed by atoms with Gasteiger partial charge in [-0.3, -0.25) is 0 Å². The number of benzene rings is 2. The summed E-state index contributed by atoms with van der Waals surface area (Å²) in [6, 6.07) is 16.1. The van der Waals surface area contributed by atoms with E-state index in [4.69, 9.17) is 19.3 Å². The van der Waals surface area contributed by atoms with Crippen LogP contribution in [0.5, 0.6) is 11.5 Å². The minimum absolute atomic E-state index is 0.587. The van der Waals surface area contributed by atoms with Crippen molar-refractivity contribution < 1.29 is 14.2 Å². The molecule has 0 unspecified atom stereocenters. The van der Waals surface area contributed by atoms with E-state index in [1.165, 1.54) is 11.1 Å². The van der Waals surface area contributed by atoms with Crippen molar-refractivity contribution in [2.45, 2.75) is 19.8 Å². The van der Waals surface area contributed by atoms with Crippen LogP contribution in [0.1, 0.15) is 17.5 Å². The van der Waals surface area contributed by atoms with Crippen molar-refractivity contribution >= 4 is 5.65 Å². The Kier molecular flexibility index (Phi) is 5.49. The molecular formula is C25H26N4O3. The second kappa shape index (κ2) is 8.59. The van der Waals surface area contributed by atoms with Gasteiger partial charge in [0.05, 0.1) is 25.5 Å². The molecule has 0 spiro atoms. The highest BCUT2D eigenvalue weighted by Crippen LogP contribution is 2.33. The highest BCUT2D eigenvalue weighted by atomic mass is 16.5. The van der Waals surface area contributed by atoms with E-state index >= 15 is 0 Å². The largest absolute Gasteiger partial charge is 0.497 e. The van der Waals surface area contributed by atoms with E-state index in [1.807, 2.05) is 30.3 Å². The van der Waals surface area contributed by atoms with Gasteiger partial charge in [0.1, 0.15) is 11.5 Å². The summed E-state index contributed by atoms with van der Waals surface area (Å²) in [7, 11) is 3.27. The zero-order valence-electron chi connectivity index (χ0n) is 18.5. The SMILES string of the molecule is COc1ccc(OC)c(-c2nnc3ccc(-c4ccc(C)c(C[C@H]5CCOC5)c4)nn23)c1. The van der Waals surface area contributed by atoms with Crippen LogP contribution >= 0.6 is 0 Å². The summed E-state index contributed by atoms with van der Waals surface area (Å²) in [6.07, 6.45) is 2.15. The van der Waals surface area contributed by atoms with Crippen LogP contribution in [0.3, 0.4) is 0 Å². The van der Waals surface area contributed by atoms with Gasteiger partial charge in [-0.2, -0.15) is 9.61 Å². The van der Waals surface area contributed by atoms with Gasteiger partial charge in [0, 0.05) is 18.8 Å². The molecule has 7 nitrogen and oxygen atoms in total. The van der Waals surface area contributed by atoms with Crippen molar-refractivity contribution in [1.82, 2.24) is 19.8 Å². The first kappa shape index (κ1) is 20.5. The average Bonchev–Trinajstić information content (AvgIpc) is 3.49. The molecular weight excluding hydrogens is 404 g/mol. The molecule has 3 heterocycles. The molecule has 0 saturated carbocycles. The molecule has 1 saturated heterocycles. The highest BCUT2D eigenvalue weighted by Gasteiger charge is 2.19. The van der Waals surface area contributed by atoms with Crippen LogP contribution in [0.15, 0.2) is 48.5 Å². The van der Waals surface area contributed by atoms with Crippen molar-refractivity contribution in [3.05, 3.63) is 59.7 Å². The van der Waals surface area contributed by atoms with E-state index in [0.717, 1.165) is 42.9 Å². The van der Waals surface area contributed by atoms with Gasteiger partial charge in [0.25, 0.3) is 0 Å². The summed E-state index contributed by atoms with van der Waals surface area (Å²) in [5.74, 6) is 2.59. The number of aryl methyl sites for hydroxylation is 1. The van der Waals surface area contributed by atoms with Gasteiger partial charge in [0.15, 0.2) is 11.5 Å². The number of nitrogens with zero attached hydrogens (tertiary/aromatic N) is 4. The van der Waals surface area contributed by atoms with Crippen LogP contribution < -0.4 is 9.47 Å². The molecule has 1 atom stereocenters. The Morgan fingerprint density at radius 3 is 2.72 bits per heavy atom. The van der Waals surface area contributed by atoms with Crippen molar-refractivity contribution in [2.75, 3.05) is 27.4 Å². The number of rotatable bonds is 6. The molecule has 1 fully saturated rings. The molecule has 0 N–H and O–H groups in total. The first-order valence-electron chi connectivity index (χ1n) is 10.8. The number of aromatic nitrogens is 4. The van der Waals surface area contributed by atoms with Crippen LogP contribution in [-0.4, -0.2) is 47.2 Å². The fourth-order valence-electron chi connectivity index (χ4n) is 4.21. The zero-order valence-corrected chi connectivity index (χ0v) is 18.5. The average molecular weight is 431 g/mol. The number of hydrogen-bond acceptors (Lipinski definition) is 6. The molecule has 1 aliphatic heterocycles. The Bertz CT molecular complexity index is 1260. The fraction of sp³-hybridized carbons (Fsp3) is 0.320. The van der Waals surface area contributed by atoms with Gasteiger partial charge >= 0.3 is 0 Å².